The first-order valence-electron chi connectivity index (χ1n) is 10.7. The van der Waals surface area contributed by atoms with Gasteiger partial charge in [-0.05, 0) is 54.3 Å². The van der Waals surface area contributed by atoms with E-state index in [2.05, 4.69) is 4.98 Å². The molecule has 6 heteroatoms. The van der Waals surface area contributed by atoms with Gasteiger partial charge in [0.2, 0.25) is 5.91 Å². The zero-order chi connectivity index (χ0) is 22.8. The quantitative estimate of drug-likeness (QED) is 0.300. The number of amides is 1. The number of nitro benzene ring substituents is 1. The Balaban J connectivity index is 1.72. The highest BCUT2D eigenvalue weighted by Crippen LogP contribution is 2.49. The number of fused-ring (bicyclic) bond motifs is 1. The van der Waals surface area contributed by atoms with Gasteiger partial charge < -0.3 is 0 Å². The molecule has 0 spiro atoms. The van der Waals surface area contributed by atoms with Crippen molar-refractivity contribution in [3.05, 3.63) is 130 Å². The smallest absolute Gasteiger partial charge is 0.272 e. The van der Waals surface area contributed by atoms with E-state index in [0.29, 0.717) is 12.0 Å². The van der Waals surface area contributed by atoms with Crippen molar-refractivity contribution >= 4 is 23.0 Å². The Kier molecular flexibility index (Phi) is 5.18. The lowest BCUT2D eigenvalue weighted by Crippen LogP contribution is -2.42. The maximum Gasteiger partial charge on any atom is 0.272 e. The third-order valence-corrected chi connectivity index (χ3v) is 6.22. The van der Waals surface area contributed by atoms with Gasteiger partial charge >= 0.3 is 0 Å². The van der Waals surface area contributed by atoms with Gasteiger partial charge in [-0.15, -0.1) is 0 Å². The van der Waals surface area contributed by atoms with Gasteiger partial charge in [0.15, 0.2) is 0 Å². The average molecular weight is 435 g/mol. The van der Waals surface area contributed by atoms with Crippen LogP contribution >= 0.6 is 0 Å². The van der Waals surface area contributed by atoms with E-state index < -0.39 is 5.41 Å². The van der Waals surface area contributed by atoms with Crippen molar-refractivity contribution in [1.29, 1.82) is 0 Å². The summed E-state index contributed by atoms with van der Waals surface area (Å²) in [5.41, 5.74) is 2.95. The van der Waals surface area contributed by atoms with Crippen LogP contribution in [0.3, 0.4) is 0 Å². The summed E-state index contributed by atoms with van der Waals surface area (Å²) in [4.78, 5) is 31.6. The number of benzene rings is 3. The average Bonchev–Trinajstić information content (AvgIpc) is 3.08. The van der Waals surface area contributed by atoms with Crippen LogP contribution < -0.4 is 4.90 Å². The molecule has 1 aliphatic rings. The van der Waals surface area contributed by atoms with E-state index in [4.69, 9.17) is 0 Å². The Labute approximate surface area is 191 Å². The highest BCUT2D eigenvalue weighted by atomic mass is 16.6. The number of pyridine rings is 1. The molecule has 0 radical (unpaired) electrons. The van der Waals surface area contributed by atoms with Crippen molar-refractivity contribution in [2.75, 3.05) is 4.90 Å². The fraction of sp³-hybridized carbons (Fsp3) is 0.111. The van der Waals surface area contributed by atoms with E-state index in [0.717, 1.165) is 22.5 Å². The van der Waals surface area contributed by atoms with Gasteiger partial charge in [0, 0.05) is 29.7 Å². The third kappa shape index (κ3) is 3.55. The molecule has 0 saturated heterocycles. The minimum Gasteiger partial charge on any atom is -0.280 e. The first-order valence-corrected chi connectivity index (χ1v) is 10.7. The minimum atomic E-state index is -1.00. The van der Waals surface area contributed by atoms with E-state index in [1.165, 1.54) is 6.07 Å². The second kappa shape index (κ2) is 8.31. The van der Waals surface area contributed by atoms with Crippen molar-refractivity contribution in [3.8, 4) is 0 Å². The normalized spacial score (nSPS) is 17.1. The minimum absolute atomic E-state index is 0.0232. The standard InChI is InChI=1S/C27H21N3O3/c31-26-27(18-20-14-16-28-17-15-20,19-21-8-4-6-12-24(21)30(32)33)23-11-5-7-13-25(23)29(26)22-9-2-1-3-10-22/h1-17H,18-19H2. The summed E-state index contributed by atoms with van der Waals surface area (Å²) in [6.07, 6.45) is 4.02. The van der Waals surface area contributed by atoms with Gasteiger partial charge in [0.1, 0.15) is 0 Å². The summed E-state index contributed by atoms with van der Waals surface area (Å²) < 4.78 is 0. The number of aromatic nitrogens is 1. The number of anilines is 2. The molecule has 1 unspecified atom stereocenters. The van der Waals surface area contributed by atoms with Crippen LogP contribution in [0.1, 0.15) is 16.7 Å². The summed E-state index contributed by atoms with van der Waals surface area (Å²) in [5.74, 6) is -0.0927. The Morgan fingerprint density at radius 2 is 1.48 bits per heavy atom. The van der Waals surface area contributed by atoms with Gasteiger partial charge in [-0.25, -0.2) is 0 Å². The molecule has 5 rings (SSSR count). The van der Waals surface area contributed by atoms with E-state index in [1.54, 1.807) is 35.5 Å². The zero-order valence-corrected chi connectivity index (χ0v) is 17.8. The fourth-order valence-electron chi connectivity index (χ4n) is 4.76. The van der Waals surface area contributed by atoms with Crippen LogP contribution in [0.15, 0.2) is 103 Å². The molecule has 0 fully saturated rings. The van der Waals surface area contributed by atoms with E-state index in [1.807, 2.05) is 66.7 Å². The van der Waals surface area contributed by atoms with Crippen LogP contribution in [0.2, 0.25) is 0 Å². The zero-order valence-electron chi connectivity index (χ0n) is 17.8. The number of hydrogen-bond acceptors (Lipinski definition) is 4. The van der Waals surface area contributed by atoms with Crippen LogP contribution in [0.4, 0.5) is 17.1 Å². The largest absolute Gasteiger partial charge is 0.280 e. The molecule has 1 aliphatic heterocycles. The molecule has 1 atom stereocenters. The highest BCUT2D eigenvalue weighted by Gasteiger charge is 2.51. The Bertz CT molecular complexity index is 1320. The molecule has 2 heterocycles. The predicted octanol–water partition coefficient (Wildman–Crippen LogP) is 5.39. The summed E-state index contributed by atoms with van der Waals surface area (Å²) in [5, 5.41) is 11.8. The van der Waals surface area contributed by atoms with Crippen LogP contribution in [0.5, 0.6) is 0 Å². The molecule has 0 saturated carbocycles. The number of hydrogen-bond donors (Lipinski definition) is 0. The van der Waals surface area contributed by atoms with Gasteiger partial charge in [-0.2, -0.15) is 0 Å². The van der Waals surface area contributed by atoms with Crippen molar-refractivity contribution in [2.45, 2.75) is 18.3 Å². The lowest BCUT2D eigenvalue weighted by molar-refractivity contribution is -0.385. The van der Waals surface area contributed by atoms with Crippen molar-refractivity contribution < 1.29 is 9.72 Å². The van der Waals surface area contributed by atoms with Gasteiger partial charge in [-0.1, -0.05) is 54.6 Å². The summed E-state index contributed by atoms with van der Waals surface area (Å²) in [6.45, 7) is 0. The molecule has 0 N–H and O–H groups in total. The Morgan fingerprint density at radius 1 is 0.818 bits per heavy atom. The van der Waals surface area contributed by atoms with Crippen molar-refractivity contribution in [2.24, 2.45) is 0 Å². The molecule has 162 valence electrons. The lowest BCUT2D eigenvalue weighted by atomic mass is 9.72. The Morgan fingerprint density at radius 3 is 2.24 bits per heavy atom. The van der Waals surface area contributed by atoms with E-state index in [-0.39, 0.29) is 22.9 Å². The van der Waals surface area contributed by atoms with E-state index in [9.17, 15) is 14.9 Å². The predicted molar refractivity (Wildman–Crippen MR) is 126 cm³/mol. The maximum atomic E-state index is 14.3. The number of carbonyl (C=O) groups excluding carboxylic acids is 1. The molecule has 1 amide bonds. The lowest BCUT2D eigenvalue weighted by Gasteiger charge is -2.29. The van der Waals surface area contributed by atoms with Crippen LogP contribution in [0, 0.1) is 10.1 Å². The molecule has 33 heavy (non-hydrogen) atoms. The number of nitro groups is 1. The number of rotatable bonds is 6. The number of para-hydroxylation sites is 3. The highest BCUT2D eigenvalue weighted by molar-refractivity contribution is 6.13. The SMILES string of the molecule is O=C1N(c2ccccc2)c2ccccc2C1(Cc1ccncc1)Cc1ccccc1[N+](=O)[O-]. The van der Waals surface area contributed by atoms with Crippen LogP contribution in [-0.4, -0.2) is 15.8 Å². The van der Waals surface area contributed by atoms with Gasteiger partial charge in [0.25, 0.3) is 5.69 Å². The van der Waals surface area contributed by atoms with Crippen LogP contribution in [-0.2, 0) is 23.1 Å². The first kappa shape index (κ1) is 20.6. The maximum absolute atomic E-state index is 14.3. The van der Waals surface area contributed by atoms with Crippen molar-refractivity contribution in [1.82, 2.24) is 4.98 Å². The molecular weight excluding hydrogens is 414 g/mol. The Hall–Kier alpha value is -4.32. The first-order chi connectivity index (χ1) is 16.1. The second-order valence-electron chi connectivity index (χ2n) is 8.17. The molecular formula is C27H21N3O3. The third-order valence-electron chi connectivity index (χ3n) is 6.22. The van der Waals surface area contributed by atoms with Crippen LogP contribution in [0.25, 0.3) is 0 Å². The topological polar surface area (TPSA) is 76.3 Å². The van der Waals surface area contributed by atoms with Gasteiger partial charge in [-0.3, -0.25) is 24.8 Å². The summed E-state index contributed by atoms with van der Waals surface area (Å²) in [6, 6.07) is 27.7. The molecule has 3 aromatic carbocycles. The number of nitrogens with zero attached hydrogens (tertiary/aromatic N) is 3. The molecule has 1 aromatic heterocycles. The van der Waals surface area contributed by atoms with Gasteiger partial charge in [0.05, 0.1) is 16.0 Å². The molecule has 0 bridgehead atoms. The monoisotopic (exact) mass is 435 g/mol. The molecule has 4 aromatic rings. The number of carbonyl (C=O) groups is 1. The molecule has 6 nitrogen and oxygen atoms in total. The summed E-state index contributed by atoms with van der Waals surface area (Å²) >= 11 is 0. The van der Waals surface area contributed by atoms with E-state index >= 15 is 0 Å². The molecule has 0 aliphatic carbocycles. The van der Waals surface area contributed by atoms with Crippen molar-refractivity contribution in [3.63, 3.8) is 0 Å². The fourth-order valence-corrected chi connectivity index (χ4v) is 4.76. The second-order valence-corrected chi connectivity index (χ2v) is 8.17. The summed E-state index contributed by atoms with van der Waals surface area (Å²) in [7, 11) is 0.